The zero-order valence-electron chi connectivity index (χ0n) is 14.3. The highest BCUT2D eigenvalue weighted by Gasteiger charge is 2.15. The molecule has 8 heteroatoms. The van der Waals surface area contributed by atoms with Gasteiger partial charge in [0.05, 0.1) is 13.3 Å². The second-order valence-corrected chi connectivity index (χ2v) is 5.61. The molecule has 2 aromatic carbocycles. The molecule has 0 fully saturated rings. The van der Waals surface area contributed by atoms with Crippen LogP contribution in [0.5, 0.6) is 11.5 Å². The minimum absolute atomic E-state index is 0.341. The van der Waals surface area contributed by atoms with Crippen LogP contribution in [0.1, 0.15) is 12.5 Å². The van der Waals surface area contributed by atoms with Crippen molar-refractivity contribution in [1.29, 1.82) is 0 Å². The molecule has 0 unspecified atom stereocenters. The van der Waals surface area contributed by atoms with Crippen LogP contribution in [0.2, 0.25) is 0 Å². The summed E-state index contributed by atoms with van der Waals surface area (Å²) in [5, 5.41) is 16.3. The number of carboxylic acid groups (broad SMARTS) is 1. The van der Waals surface area contributed by atoms with Crippen LogP contribution in [-0.2, 0) is 4.79 Å². The van der Waals surface area contributed by atoms with Crippen LogP contribution in [0.4, 0.5) is 5.69 Å². The number of rotatable bonds is 7. The highest BCUT2D eigenvalue weighted by atomic mass is 32.1. The van der Waals surface area contributed by atoms with Crippen LogP contribution in [0, 0.1) is 0 Å². The predicted octanol–water partition coefficient (Wildman–Crippen LogP) is 2.87. The molecule has 0 saturated heterocycles. The van der Waals surface area contributed by atoms with E-state index in [1.807, 2.05) is 30.3 Å². The van der Waals surface area contributed by atoms with E-state index in [9.17, 15) is 4.79 Å². The van der Waals surface area contributed by atoms with Gasteiger partial charge in [0, 0.05) is 5.69 Å². The van der Waals surface area contributed by atoms with Gasteiger partial charge in [-0.3, -0.25) is 5.43 Å². The number of nitrogens with zero attached hydrogens (tertiary/aromatic N) is 1. The number of methoxy groups -OCH3 is 1. The molecule has 1 atom stereocenters. The summed E-state index contributed by atoms with van der Waals surface area (Å²) in [5.41, 5.74) is 4.31. The number of benzene rings is 2. The van der Waals surface area contributed by atoms with Gasteiger partial charge in [0.25, 0.3) is 0 Å². The summed E-state index contributed by atoms with van der Waals surface area (Å²) in [4.78, 5) is 10.9. The number of thiocarbonyl (C=S) groups is 1. The summed E-state index contributed by atoms with van der Waals surface area (Å²) in [6.07, 6.45) is 0.581. The van der Waals surface area contributed by atoms with Gasteiger partial charge < -0.3 is 19.9 Å². The van der Waals surface area contributed by atoms with Crippen molar-refractivity contribution in [3.63, 3.8) is 0 Å². The van der Waals surface area contributed by atoms with Crippen LogP contribution < -0.4 is 20.2 Å². The van der Waals surface area contributed by atoms with Gasteiger partial charge >= 0.3 is 5.97 Å². The topological polar surface area (TPSA) is 92.2 Å². The third-order valence-corrected chi connectivity index (χ3v) is 3.44. The third kappa shape index (κ3) is 5.75. The van der Waals surface area contributed by atoms with Crippen molar-refractivity contribution in [2.75, 3.05) is 12.4 Å². The number of hydrogen-bond acceptors (Lipinski definition) is 5. The monoisotopic (exact) mass is 373 g/mol. The Labute approximate surface area is 156 Å². The Morgan fingerprint density at radius 2 is 1.96 bits per heavy atom. The van der Waals surface area contributed by atoms with Crippen molar-refractivity contribution in [1.82, 2.24) is 5.43 Å². The predicted molar refractivity (Wildman–Crippen MR) is 104 cm³/mol. The van der Waals surface area contributed by atoms with E-state index in [1.165, 1.54) is 14.0 Å². The minimum atomic E-state index is -1.05. The number of ether oxygens (including phenoxy) is 2. The maximum absolute atomic E-state index is 10.9. The summed E-state index contributed by atoms with van der Waals surface area (Å²) in [6, 6.07) is 14.5. The van der Waals surface area contributed by atoms with Gasteiger partial charge in [-0.2, -0.15) is 5.10 Å². The lowest BCUT2D eigenvalue weighted by Gasteiger charge is -2.14. The summed E-state index contributed by atoms with van der Waals surface area (Å²) >= 11 is 5.16. The normalized spacial score (nSPS) is 11.6. The zero-order chi connectivity index (χ0) is 18.9. The lowest BCUT2D eigenvalue weighted by molar-refractivity contribution is -0.144. The lowest BCUT2D eigenvalue weighted by atomic mass is 10.2. The van der Waals surface area contributed by atoms with Crippen molar-refractivity contribution in [3.8, 4) is 11.5 Å². The number of para-hydroxylation sites is 1. The molecule has 136 valence electrons. The maximum Gasteiger partial charge on any atom is 0.344 e. The highest BCUT2D eigenvalue weighted by Crippen LogP contribution is 2.28. The molecule has 0 radical (unpaired) electrons. The Hall–Kier alpha value is -3.13. The molecule has 0 saturated carbocycles. The molecule has 0 heterocycles. The minimum Gasteiger partial charge on any atom is -0.493 e. The first-order valence-corrected chi connectivity index (χ1v) is 8.13. The van der Waals surface area contributed by atoms with E-state index >= 15 is 0 Å². The molecular formula is C18H19N3O4S. The maximum atomic E-state index is 10.9. The van der Waals surface area contributed by atoms with E-state index in [1.54, 1.807) is 24.4 Å². The van der Waals surface area contributed by atoms with E-state index in [0.717, 1.165) is 11.3 Å². The fourth-order valence-corrected chi connectivity index (χ4v) is 2.12. The Kier molecular flexibility index (Phi) is 6.92. The summed E-state index contributed by atoms with van der Waals surface area (Å²) in [5.74, 6) is -0.304. The Morgan fingerprint density at radius 1 is 1.23 bits per heavy atom. The largest absolute Gasteiger partial charge is 0.493 e. The van der Waals surface area contributed by atoms with Crippen molar-refractivity contribution >= 4 is 35.2 Å². The van der Waals surface area contributed by atoms with E-state index < -0.39 is 12.1 Å². The molecule has 0 amide bonds. The Balaban J connectivity index is 1.97. The number of hydrazone groups is 1. The SMILES string of the molecule is COc1cc(/C=N/NC(=S)Nc2ccccc2)ccc1O[C@@H](C)C(=O)O. The second-order valence-electron chi connectivity index (χ2n) is 5.20. The molecular weight excluding hydrogens is 354 g/mol. The molecule has 3 N–H and O–H groups in total. The van der Waals surface area contributed by atoms with Gasteiger partial charge in [0.15, 0.2) is 22.7 Å². The van der Waals surface area contributed by atoms with Crippen molar-refractivity contribution in [3.05, 3.63) is 54.1 Å². The van der Waals surface area contributed by atoms with E-state index in [2.05, 4.69) is 15.8 Å². The van der Waals surface area contributed by atoms with Crippen molar-refractivity contribution < 1.29 is 19.4 Å². The number of nitrogens with one attached hydrogen (secondary N) is 2. The smallest absolute Gasteiger partial charge is 0.344 e. The van der Waals surface area contributed by atoms with Gasteiger partial charge in [-0.15, -0.1) is 0 Å². The standard InChI is InChI=1S/C18H19N3O4S/c1-12(17(22)23)25-15-9-8-13(10-16(15)24-2)11-19-21-18(26)20-14-6-4-3-5-7-14/h3-12H,1-2H3,(H,22,23)(H2,20,21,26)/b19-11+/t12-/m0/s1. The number of carbonyl (C=O) groups is 1. The van der Waals surface area contributed by atoms with Gasteiger partial charge in [-0.25, -0.2) is 4.79 Å². The number of carboxylic acids is 1. The molecule has 26 heavy (non-hydrogen) atoms. The number of aliphatic carboxylic acids is 1. The van der Waals surface area contributed by atoms with Crippen LogP contribution in [0.3, 0.4) is 0 Å². The first kappa shape index (κ1) is 19.2. The fraction of sp³-hybridized carbons (Fsp3) is 0.167. The quantitative estimate of drug-likeness (QED) is 0.390. The number of anilines is 1. The highest BCUT2D eigenvalue weighted by molar-refractivity contribution is 7.80. The summed E-state index contributed by atoms with van der Waals surface area (Å²) in [6.45, 7) is 1.45. The first-order chi connectivity index (χ1) is 12.5. The molecule has 2 aromatic rings. The fourth-order valence-electron chi connectivity index (χ4n) is 1.95. The molecule has 7 nitrogen and oxygen atoms in total. The molecule has 0 bridgehead atoms. The van der Waals surface area contributed by atoms with E-state index in [-0.39, 0.29) is 0 Å². The molecule has 0 spiro atoms. The first-order valence-electron chi connectivity index (χ1n) is 7.72. The second kappa shape index (κ2) is 9.38. The molecule has 2 rings (SSSR count). The average molecular weight is 373 g/mol. The van der Waals surface area contributed by atoms with Crippen molar-refractivity contribution in [2.24, 2.45) is 5.10 Å². The Morgan fingerprint density at radius 3 is 2.62 bits per heavy atom. The van der Waals surface area contributed by atoms with Crippen LogP contribution in [0.15, 0.2) is 53.6 Å². The summed E-state index contributed by atoms with van der Waals surface area (Å²) in [7, 11) is 1.48. The average Bonchev–Trinajstić information content (AvgIpc) is 2.63. The van der Waals surface area contributed by atoms with Crippen LogP contribution in [-0.4, -0.2) is 35.6 Å². The van der Waals surface area contributed by atoms with Crippen LogP contribution >= 0.6 is 12.2 Å². The van der Waals surface area contributed by atoms with E-state index in [4.69, 9.17) is 26.8 Å². The van der Waals surface area contributed by atoms with Gasteiger partial charge in [-0.05, 0) is 55.0 Å². The van der Waals surface area contributed by atoms with Gasteiger partial charge in [-0.1, -0.05) is 18.2 Å². The Bertz CT molecular complexity index is 796. The number of hydrogen-bond donors (Lipinski definition) is 3. The van der Waals surface area contributed by atoms with Crippen molar-refractivity contribution in [2.45, 2.75) is 13.0 Å². The van der Waals surface area contributed by atoms with Crippen LogP contribution in [0.25, 0.3) is 0 Å². The lowest BCUT2D eigenvalue weighted by Crippen LogP contribution is -2.23. The third-order valence-electron chi connectivity index (χ3n) is 3.25. The molecule has 0 aliphatic heterocycles. The van der Waals surface area contributed by atoms with E-state index in [0.29, 0.717) is 16.6 Å². The zero-order valence-corrected chi connectivity index (χ0v) is 15.1. The molecule has 0 aromatic heterocycles. The van der Waals surface area contributed by atoms with Gasteiger partial charge in [0.1, 0.15) is 0 Å². The van der Waals surface area contributed by atoms with Gasteiger partial charge in [0.2, 0.25) is 0 Å². The molecule has 0 aliphatic rings. The molecule has 0 aliphatic carbocycles. The summed E-state index contributed by atoms with van der Waals surface area (Å²) < 4.78 is 10.6.